The van der Waals surface area contributed by atoms with Crippen molar-refractivity contribution >= 4 is 10.9 Å². The minimum atomic E-state index is -0.0200. The van der Waals surface area contributed by atoms with Crippen LogP contribution in [0.4, 0.5) is 0 Å². The number of hydrogen-bond acceptors (Lipinski definition) is 1. The Morgan fingerprint density at radius 1 is 1.43 bits per heavy atom. The Morgan fingerprint density at radius 3 is 2.93 bits per heavy atom. The maximum Gasteiger partial charge on any atom is 0.197 e. The molecule has 0 unspecified atom stereocenters. The lowest BCUT2D eigenvalue weighted by molar-refractivity contribution is 0.787. The lowest BCUT2D eigenvalue weighted by Gasteiger charge is -2.07. The predicted octanol–water partition coefficient (Wildman–Crippen LogP) is 2.13. The molecule has 2 heteroatoms. The topological polar surface area (TPSA) is 22.0 Å². The zero-order chi connectivity index (χ0) is 10.1. The first-order chi connectivity index (χ1) is 6.72. The molecular formula is C12H12NO. The zero-order valence-corrected chi connectivity index (χ0v) is 8.37. The SMILES string of the molecule is CCn1c[c]c(=O)c2cc(C)ccc21. The maximum absolute atomic E-state index is 11.5. The Morgan fingerprint density at radius 2 is 2.21 bits per heavy atom. The van der Waals surface area contributed by atoms with Crippen LogP contribution in [0.2, 0.25) is 0 Å². The molecule has 1 aromatic carbocycles. The van der Waals surface area contributed by atoms with Crippen molar-refractivity contribution in [3.63, 3.8) is 0 Å². The summed E-state index contributed by atoms with van der Waals surface area (Å²) in [4.78, 5) is 11.5. The molecule has 0 atom stereocenters. The molecular weight excluding hydrogens is 174 g/mol. The van der Waals surface area contributed by atoms with E-state index in [2.05, 4.69) is 13.0 Å². The number of fused-ring (bicyclic) bond motifs is 1. The highest BCUT2D eigenvalue weighted by molar-refractivity contribution is 5.79. The van der Waals surface area contributed by atoms with E-state index in [1.54, 1.807) is 6.20 Å². The first kappa shape index (κ1) is 9.00. The third kappa shape index (κ3) is 1.33. The molecule has 2 rings (SSSR count). The van der Waals surface area contributed by atoms with E-state index in [9.17, 15) is 4.79 Å². The summed E-state index contributed by atoms with van der Waals surface area (Å²) in [6.45, 7) is 4.90. The molecule has 1 aromatic heterocycles. The van der Waals surface area contributed by atoms with Crippen molar-refractivity contribution in [1.29, 1.82) is 0 Å². The monoisotopic (exact) mass is 186 g/mol. The van der Waals surface area contributed by atoms with Crippen molar-refractivity contribution in [2.45, 2.75) is 20.4 Å². The number of aromatic nitrogens is 1. The molecule has 1 radical (unpaired) electrons. The van der Waals surface area contributed by atoms with E-state index in [1.165, 1.54) is 0 Å². The molecule has 1 heterocycles. The van der Waals surface area contributed by atoms with Crippen LogP contribution in [-0.2, 0) is 6.54 Å². The lowest BCUT2D eigenvalue weighted by Crippen LogP contribution is -2.07. The molecule has 0 bridgehead atoms. The van der Waals surface area contributed by atoms with E-state index in [1.807, 2.05) is 29.7 Å². The Kier molecular flexibility index (Phi) is 2.12. The summed E-state index contributed by atoms with van der Waals surface area (Å²) in [5, 5.41) is 0.759. The van der Waals surface area contributed by atoms with Crippen LogP contribution in [0.15, 0.2) is 29.2 Å². The molecule has 14 heavy (non-hydrogen) atoms. The van der Waals surface area contributed by atoms with Gasteiger partial charge in [0.25, 0.3) is 0 Å². The van der Waals surface area contributed by atoms with Crippen molar-refractivity contribution in [2.24, 2.45) is 0 Å². The first-order valence-electron chi connectivity index (χ1n) is 4.74. The van der Waals surface area contributed by atoms with Gasteiger partial charge in [-0.15, -0.1) is 0 Å². The van der Waals surface area contributed by atoms with Crippen LogP contribution in [0, 0.1) is 13.0 Å². The Labute approximate surface area is 82.8 Å². The second kappa shape index (κ2) is 3.29. The highest BCUT2D eigenvalue weighted by atomic mass is 16.1. The minimum absolute atomic E-state index is 0.0200. The molecule has 0 spiro atoms. The smallest absolute Gasteiger partial charge is 0.197 e. The van der Waals surface area contributed by atoms with Gasteiger partial charge in [-0.2, -0.15) is 0 Å². The van der Waals surface area contributed by atoms with Gasteiger partial charge in [0.1, 0.15) is 0 Å². The standard InChI is InChI=1S/C12H12NO/c1-3-13-7-6-12(14)10-8-9(2)4-5-11(10)13/h4-5,7-8H,3H2,1-2H3. The number of aryl methyl sites for hydroxylation is 2. The van der Waals surface area contributed by atoms with Gasteiger partial charge in [-0.3, -0.25) is 4.79 Å². The van der Waals surface area contributed by atoms with Crippen molar-refractivity contribution in [1.82, 2.24) is 4.57 Å². The quantitative estimate of drug-likeness (QED) is 0.668. The fourth-order valence-electron chi connectivity index (χ4n) is 1.63. The van der Waals surface area contributed by atoms with Crippen molar-refractivity contribution in [3.05, 3.63) is 46.2 Å². The summed E-state index contributed by atoms with van der Waals surface area (Å²) in [5.41, 5.74) is 2.08. The number of nitrogens with zero attached hydrogens (tertiary/aromatic N) is 1. The lowest BCUT2D eigenvalue weighted by atomic mass is 10.1. The summed E-state index contributed by atoms with van der Waals surface area (Å²) in [7, 11) is 0. The maximum atomic E-state index is 11.5. The normalized spacial score (nSPS) is 10.7. The minimum Gasteiger partial charge on any atom is -0.347 e. The summed E-state index contributed by atoms with van der Waals surface area (Å²) in [5.74, 6) is 0. The van der Waals surface area contributed by atoms with Crippen LogP contribution in [0.1, 0.15) is 12.5 Å². The van der Waals surface area contributed by atoms with Crippen LogP contribution >= 0.6 is 0 Å². The fraction of sp³-hybridized carbons (Fsp3) is 0.250. The second-order valence-electron chi connectivity index (χ2n) is 3.41. The van der Waals surface area contributed by atoms with Crippen molar-refractivity contribution in [2.75, 3.05) is 0 Å². The number of hydrogen-bond donors (Lipinski definition) is 0. The van der Waals surface area contributed by atoms with Gasteiger partial charge >= 0.3 is 0 Å². The average Bonchev–Trinajstić information content (AvgIpc) is 2.19. The van der Waals surface area contributed by atoms with Crippen LogP contribution in [0.3, 0.4) is 0 Å². The van der Waals surface area contributed by atoms with E-state index in [-0.39, 0.29) is 5.43 Å². The Balaban J connectivity index is 2.91. The highest BCUT2D eigenvalue weighted by Crippen LogP contribution is 2.11. The van der Waals surface area contributed by atoms with E-state index in [4.69, 9.17) is 0 Å². The van der Waals surface area contributed by atoms with E-state index < -0.39 is 0 Å². The third-order valence-electron chi connectivity index (χ3n) is 2.40. The second-order valence-corrected chi connectivity index (χ2v) is 3.41. The largest absolute Gasteiger partial charge is 0.347 e. The molecule has 0 fully saturated rings. The molecule has 0 aliphatic carbocycles. The van der Waals surface area contributed by atoms with Gasteiger partial charge in [0, 0.05) is 18.1 Å². The van der Waals surface area contributed by atoms with Gasteiger partial charge in [-0.05, 0) is 26.0 Å². The fourth-order valence-corrected chi connectivity index (χ4v) is 1.63. The summed E-state index contributed by atoms with van der Waals surface area (Å²) >= 11 is 0. The molecule has 0 saturated heterocycles. The molecule has 0 amide bonds. The number of pyridine rings is 1. The van der Waals surface area contributed by atoms with E-state index >= 15 is 0 Å². The van der Waals surface area contributed by atoms with Gasteiger partial charge in [0.15, 0.2) is 5.43 Å². The van der Waals surface area contributed by atoms with Crippen molar-refractivity contribution in [3.8, 4) is 0 Å². The number of rotatable bonds is 1. The average molecular weight is 186 g/mol. The van der Waals surface area contributed by atoms with Crippen LogP contribution < -0.4 is 5.43 Å². The summed E-state index contributed by atoms with van der Waals surface area (Å²) in [6.07, 6.45) is 1.72. The Bertz CT molecular complexity index is 525. The van der Waals surface area contributed by atoms with Gasteiger partial charge in [0.2, 0.25) is 0 Å². The molecule has 71 valence electrons. The van der Waals surface area contributed by atoms with Crippen LogP contribution in [-0.4, -0.2) is 4.57 Å². The van der Waals surface area contributed by atoms with E-state index in [0.29, 0.717) is 0 Å². The summed E-state index contributed by atoms with van der Waals surface area (Å²) in [6, 6.07) is 8.66. The predicted molar refractivity (Wildman–Crippen MR) is 57.5 cm³/mol. The molecule has 0 saturated carbocycles. The molecule has 2 nitrogen and oxygen atoms in total. The Hall–Kier alpha value is -1.57. The molecule has 0 aliphatic rings. The van der Waals surface area contributed by atoms with Gasteiger partial charge < -0.3 is 4.57 Å². The molecule has 0 N–H and O–H groups in total. The van der Waals surface area contributed by atoms with Crippen LogP contribution in [0.25, 0.3) is 10.9 Å². The van der Waals surface area contributed by atoms with Gasteiger partial charge in [0.05, 0.1) is 11.6 Å². The van der Waals surface area contributed by atoms with Crippen molar-refractivity contribution < 1.29 is 0 Å². The van der Waals surface area contributed by atoms with E-state index in [0.717, 1.165) is 23.0 Å². The van der Waals surface area contributed by atoms with Gasteiger partial charge in [-0.25, -0.2) is 0 Å². The first-order valence-corrected chi connectivity index (χ1v) is 4.74. The zero-order valence-electron chi connectivity index (χ0n) is 8.37. The summed E-state index contributed by atoms with van der Waals surface area (Å²) < 4.78 is 2.02. The molecule has 2 aromatic rings. The number of benzene rings is 1. The third-order valence-corrected chi connectivity index (χ3v) is 2.40. The molecule has 0 aliphatic heterocycles. The highest BCUT2D eigenvalue weighted by Gasteiger charge is 2.01. The van der Waals surface area contributed by atoms with Gasteiger partial charge in [-0.1, -0.05) is 11.6 Å². The van der Waals surface area contributed by atoms with Crippen LogP contribution in [0.5, 0.6) is 0 Å².